The highest BCUT2D eigenvalue weighted by atomic mass is 32.2. The van der Waals surface area contributed by atoms with Gasteiger partial charge in [-0.25, -0.2) is 8.42 Å². The van der Waals surface area contributed by atoms with Crippen molar-refractivity contribution in [3.8, 4) is 5.75 Å². The first kappa shape index (κ1) is 19.2. The molecule has 0 saturated heterocycles. The molecule has 26 heavy (non-hydrogen) atoms. The van der Waals surface area contributed by atoms with E-state index in [1.54, 1.807) is 12.1 Å². The van der Waals surface area contributed by atoms with E-state index in [1.807, 2.05) is 0 Å². The van der Waals surface area contributed by atoms with Gasteiger partial charge < -0.3 is 15.8 Å². The molecule has 3 N–H and O–H groups in total. The highest BCUT2D eigenvalue weighted by molar-refractivity contribution is 7.90. The number of rotatable bonds is 6. The number of ether oxygens (including phenoxy) is 1. The average molecular weight is 381 g/mol. The Bertz CT molecular complexity index is 718. The minimum absolute atomic E-state index is 0.00938. The van der Waals surface area contributed by atoms with E-state index in [9.17, 15) is 13.2 Å². The standard InChI is InChI=1S/C19H28N2O4S/c1-26(23,24)17-7-5-16(6-8-17)25-10-9-18(22)21-19-13-3-2-4-14(19)12-15(20)11-13/h5-8,13-15,19H,2-4,9-12,20H2,1H3,(H,21,22). The van der Waals surface area contributed by atoms with E-state index in [-0.39, 0.29) is 35.9 Å². The first-order chi connectivity index (χ1) is 12.3. The first-order valence-corrected chi connectivity index (χ1v) is 11.2. The van der Waals surface area contributed by atoms with Crippen LogP contribution in [-0.4, -0.2) is 39.3 Å². The van der Waals surface area contributed by atoms with E-state index in [0.29, 0.717) is 17.6 Å². The smallest absolute Gasteiger partial charge is 0.223 e. The molecule has 2 unspecified atom stereocenters. The summed E-state index contributed by atoms with van der Waals surface area (Å²) in [5.74, 6) is 1.58. The lowest BCUT2D eigenvalue weighted by molar-refractivity contribution is -0.123. The molecule has 2 bridgehead atoms. The lowest BCUT2D eigenvalue weighted by Crippen LogP contribution is -2.53. The van der Waals surface area contributed by atoms with Crippen LogP contribution in [0.1, 0.15) is 38.5 Å². The Morgan fingerprint density at radius 2 is 1.81 bits per heavy atom. The van der Waals surface area contributed by atoms with Gasteiger partial charge in [-0.2, -0.15) is 0 Å². The Kier molecular flexibility index (Phi) is 5.87. The molecule has 6 nitrogen and oxygen atoms in total. The Hall–Kier alpha value is -1.60. The molecule has 0 radical (unpaired) electrons. The van der Waals surface area contributed by atoms with Crippen LogP contribution in [0.15, 0.2) is 29.2 Å². The molecule has 2 atom stereocenters. The molecule has 1 amide bonds. The van der Waals surface area contributed by atoms with Crippen molar-refractivity contribution in [2.24, 2.45) is 17.6 Å². The molecule has 0 spiro atoms. The van der Waals surface area contributed by atoms with Crippen LogP contribution in [0.4, 0.5) is 0 Å². The molecule has 3 rings (SSSR count). The summed E-state index contributed by atoms with van der Waals surface area (Å²) < 4.78 is 28.4. The second-order valence-corrected chi connectivity index (χ2v) is 9.63. The molecule has 2 aliphatic carbocycles. The van der Waals surface area contributed by atoms with Gasteiger partial charge in [-0.05, 0) is 61.8 Å². The Morgan fingerprint density at radius 3 is 2.38 bits per heavy atom. The van der Waals surface area contributed by atoms with Crippen molar-refractivity contribution in [1.82, 2.24) is 5.32 Å². The molecular weight excluding hydrogens is 352 g/mol. The highest BCUT2D eigenvalue weighted by Crippen LogP contribution is 2.39. The summed E-state index contributed by atoms with van der Waals surface area (Å²) in [5, 5.41) is 3.20. The van der Waals surface area contributed by atoms with Gasteiger partial charge in [0, 0.05) is 18.3 Å². The van der Waals surface area contributed by atoms with Crippen molar-refractivity contribution in [2.45, 2.75) is 55.5 Å². The lowest BCUT2D eigenvalue weighted by Gasteiger charge is -2.45. The quantitative estimate of drug-likeness (QED) is 0.785. The van der Waals surface area contributed by atoms with Gasteiger partial charge in [0.15, 0.2) is 9.84 Å². The largest absolute Gasteiger partial charge is 0.493 e. The normalized spacial score (nSPS) is 28.4. The Balaban J connectivity index is 1.46. The molecule has 2 aliphatic rings. The fraction of sp³-hybridized carbons (Fsp3) is 0.632. The SMILES string of the molecule is CS(=O)(=O)c1ccc(OCCC(=O)NC2C3CCCC2CC(N)C3)cc1. The Morgan fingerprint density at radius 1 is 1.19 bits per heavy atom. The topological polar surface area (TPSA) is 98.5 Å². The predicted molar refractivity (Wildman–Crippen MR) is 99.6 cm³/mol. The summed E-state index contributed by atoms with van der Waals surface area (Å²) >= 11 is 0. The average Bonchev–Trinajstić information content (AvgIpc) is 2.55. The molecule has 0 aromatic heterocycles. The van der Waals surface area contributed by atoms with Crippen molar-refractivity contribution in [1.29, 1.82) is 0 Å². The predicted octanol–water partition coefficient (Wildman–Crippen LogP) is 1.88. The molecular formula is C19H28N2O4S. The van der Waals surface area contributed by atoms with Crippen molar-refractivity contribution in [3.63, 3.8) is 0 Å². The third-order valence-electron chi connectivity index (χ3n) is 5.55. The van der Waals surface area contributed by atoms with Gasteiger partial charge in [-0.3, -0.25) is 4.79 Å². The van der Waals surface area contributed by atoms with Crippen molar-refractivity contribution < 1.29 is 17.9 Å². The highest BCUT2D eigenvalue weighted by Gasteiger charge is 2.39. The molecule has 2 fully saturated rings. The monoisotopic (exact) mass is 380 g/mol. The van der Waals surface area contributed by atoms with Gasteiger partial charge in [0.05, 0.1) is 17.9 Å². The zero-order valence-corrected chi connectivity index (χ0v) is 16.0. The van der Waals surface area contributed by atoms with Crippen molar-refractivity contribution in [3.05, 3.63) is 24.3 Å². The number of nitrogens with two attached hydrogens (primary N) is 1. The second-order valence-electron chi connectivity index (χ2n) is 7.62. The summed E-state index contributed by atoms with van der Waals surface area (Å²) in [6, 6.07) is 6.78. The summed E-state index contributed by atoms with van der Waals surface area (Å²) in [6.07, 6.45) is 7.00. The molecule has 1 aromatic carbocycles. The summed E-state index contributed by atoms with van der Waals surface area (Å²) in [6.45, 7) is 0.269. The summed E-state index contributed by atoms with van der Waals surface area (Å²) in [7, 11) is -3.21. The van der Waals surface area contributed by atoms with Crippen LogP contribution in [-0.2, 0) is 14.6 Å². The number of carbonyl (C=O) groups excluding carboxylic acids is 1. The molecule has 0 heterocycles. The van der Waals surface area contributed by atoms with Gasteiger partial charge in [0.2, 0.25) is 5.91 Å². The van der Waals surface area contributed by atoms with Crippen LogP contribution >= 0.6 is 0 Å². The van der Waals surface area contributed by atoms with Crippen molar-refractivity contribution >= 4 is 15.7 Å². The van der Waals surface area contributed by atoms with Crippen LogP contribution in [0.25, 0.3) is 0 Å². The number of fused-ring (bicyclic) bond motifs is 2. The van der Waals surface area contributed by atoms with E-state index in [1.165, 1.54) is 24.8 Å². The van der Waals surface area contributed by atoms with Crippen LogP contribution in [0.5, 0.6) is 5.75 Å². The van der Waals surface area contributed by atoms with Crippen LogP contribution in [0.3, 0.4) is 0 Å². The van der Waals surface area contributed by atoms with Crippen LogP contribution in [0, 0.1) is 11.8 Å². The summed E-state index contributed by atoms with van der Waals surface area (Å²) in [4.78, 5) is 12.6. The number of nitrogens with one attached hydrogen (secondary N) is 1. The molecule has 2 saturated carbocycles. The minimum Gasteiger partial charge on any atom is -0.493 e. The maximum absolute atomic E-state index is 12.3. The number of sulfone groups is 1. The van der Waals surface area contributed by atoms with Gasteiger partial charge in [0.25, 0.3) is 0 Å². The Labute approximate surface area is 155 Å². The zero-order chi connectivity index (χ0) is 18.7. The molecule has 1 aromatic rings. The number of benzene rings is 1. The third-order valence-corrected chi connectivity index (χ3v) is 6.68. The zero-order valence-electron chi connectivity index (χ0n) is 15.2. The lowest BCUT2D eigenvalue weighted by atomic mass is 9.67. The molecule has 0 aliphatic heterocycles. The number of hydrogen-bond donors (Lipinski definition) is 2. The van der Waals surface area contributed by atoms with E-state index in [4.69, 9.17) is 10.5 Å². The second kappa shape index (κ2) is 7.96. The fourth-order valence-electron chi connectivity index (χ4n) is 4.33. The van der Waals surface area contributed by atoms with E-state index >= 15 is 0 Å². The van der Waals surface area contributed by atoms with Gasteiger partial charge in [-0.1, -0.05) is 6.42 Å². The van der Waals surface area contributed by atoms with Gasteiger partial charge in [-0.15, -0.1) is 0 Å². The minimum atomic E-state index is -3.21. The van der Waals surface area contributed by atoms with E-state index in [2.05, 4.69) is 5.32 Å². The third kappa shape index (κ3) is 4.76. The number of carbonyl (C=O) groups is 1. The maximum atomic E-state index is 12.3. The van der Waals surface area contributed by atoms with E-state index < -0.39 is 9.84 Å². The van der Waals surface area contributed by atoms with E-state index in [0.717, 1.165) is 25.7 Å². The molecule has 7 heteroatoms. The maximum Gasteiger partial charge on any atom is 0.223 e. The van der Waals surface area contributed by atoms with Gasteiger partial charge >= 0.3 is 0 Å². The fourth-order valence-corrected chi connectivity index (χ4v) is 4.96. The number of amides is 1. The number of hydrogen-bond acceptors (Lipinski definition) is 5. The van der Waals surface area contributed by atoms with Gasteiger partial charge in [0.1, 0.15) is 5.75 Å². The summed E-state index contributed by atoms with van der Waals surface area (Å²) in [5.41, 5.74) is 6.13. The van der Waals surface area contributed by atoms with Crippen LogP contribution in [0.2, 0.25) is 0 Å². The first-order valence-electron chi connectivity index (χ1n) is 9.31. The van der Waals surface area contributed by atoms with Crippen molar-refractivity contribution in [2.75, 3.05) is 12.9 Å². The van der Waals surface area contributed by atoms with Crippen LogP contribution < -0.4 is 15.8 Å². The molecule has 144 valence electrons.